The third-order valence-corrected chi connectivity index (χ3v) is 8.34. The minimum atomic E-state index is 0.896. The fourth-order valence-electron chi connectivity index (χ4n) is 5.63. The predicted octanol–water partition coefficient (Wildman–Crippen LogP) is 10.6. The molecule has 0 aliphatic carbocycles. The number of hydrogen-bond acceptors (Lipinski definition) is 3. The number of anilines is 3. The van der Waals surface area contributed by atoms with Crippen LogP contribution in [0.2, 0.25) is 0 Å². The van der Waals surface area contributed by atoms with Crippen molar-refractivity contribution >= 4 is 81.3 Å². The number of thiophene rings is 1. The van der Waals surface area contributed by atoms with Crippen molar-refractivity contribution < 1.29 is 4.42 Å². The maximum absolute atomic E-state index is 6.56. The van der Waals surface area contributed by atoms with Crippen LogP contribution in [0.3, 0.4) is 0 Å². The molecule has 0 atom stereocenters. The Morgan fingerprint density at radius 2 is 1.24 bits per heavy atom. The van der Waals surface area contributed by atoms with E-state index in [2.05, 4.69) is 126 Å². The van der Waals surface area contributed by atoms with Crippen molar-refractivity contribution in [2.45, 2.75) is 0 Å². The molecular formula is C34H21NOS. The molecule has 0 saturated carbocycles. The highest BCUT2D eigenvalue weighted by atomic mass is 32.1. The monoisotopic (exact) mass is 491 g/mol. The molecule has 0 radical (unpaired) electrons. The van der Waals surface area contributed by atoms with E-state index < -0.39 is 0 Å². The summed E-state index contributed by atoms with van der Waals surface area (Å²) in [5, 5.41) is 7.26. The molecule has 8 rings (SSSR count). The normalized spacial score (nSPS) is 11.8. The molecule has 3 heteroatoms. The Labute approximate surface area is 217 Å². The lowest BCUT2D eigenvalue weighted by Crippen LogP contribution is -2.11. The molecule has 6 aromatic carbocycles. The second-order valence-corrected chi connectivity index (χ2v) is 10.4. The third-order valence-electron chi connectivity index (χ3n) is 7.22. The predicted molar refractivity (Wildman–Crippen MR) is 159 cm³/mol. The van der Waals surface area contributed by atoms with Gasteiger partial charge in [-0.15, -0.1) is 11.3 Å². The average molecular weight is 492 g/mol. The molecule has 0 fully saturated rings. The van der Waals surface area contributed by atoms with Gasteiger partial charge in [0.1, 0.15) is 5.58 Å². The topological polar surface area (TPSA) is 16.4 Å². The van der Waals surface area contributed by atoms with Crippen LogP contribution in [0.15, 0.2) is 132 Å². The number of fused-ring (bicyclic) bond motifs is 7. The van der Waals surface area contributed by atoms with E-state index in [0.717, 1.165) is 33.3 Å². The fraction of sp³-hybridized carbons (Fsp3) is 0. The van der Waals surface area contributed by atoms with E-state index in [4.69, 9.17) is 4.42 Å². The quantitative estimate of drug-likeness (QED) is 0.244. The molecule has 0 aliphatic rings. The van der Waals surface area contributed by atoms with Crippen LogP contribution >= 0.6 is 11.3 Å². The number of nitrogens with zero attached hydrogens (tertiary/aromatic N) is 1. The Balaban J connectivity index is 1.58. The second kappa shape index (κ2) is 7.95. The summed E-state index contributed by atoms with van der Waals surface area (Å²) < 4.78 is 9.14. The molecule has 0 unspecified atom stereocenters. The minimum absolute atomic E-state index is 0.896. The molecule has 0 spiro atoms. The largest absolute Gasteiger partial charge is 0.454 e. The Kier molecular flexibility index (Phi) is 4.42. The number of hydrogen-bond donors (Lipinski definition) is 0. The number of rotatable bonds is 3. The zero-order valence-electron chi connectivity index (χ0n) is 19.9. The molecule has 2 nitrogen and oxygen atoms in total. The highest BCUT2D eigenvalue weighted by molar-refractivity contribution is 7.26. The van der Waals surface area contributed by atoms with Gasteiger partial charge in [0.2, 0.25) is 0 Å². The number of para-hydroxylation sites is 3. The van der Waals surface area contributed by atoms with Gasteiger partial charge in [0, 0.05) is 42.0 Å². The fourth-order valence-corrected chi connectivity index (χ4v) is 6.79. The van der Waals surface area contributed by atoms with Crippen molar-refractivity contribution in [3.8, 4) is 0 Å². The van der Waals surface area contributed by atoms with Gasteiger partial charge in [0.05, 0.1) is 11.4 Å². The molecule has 37 heavy (non-hydrogen) atoms. The molecule has 0 amide bonds. The van der Waals surface area contributed by atoms with E-state index in [1.165, 1.54) is 36.6 Å². The number of furan rings is 1. The van der Waals surface area contributed by atoms with Crippen LogP contribution in [-0.4, -0.2) is 0 Å². The Morgan fingerprint density at radius 3 is 2.14 bits per heavy atom. The Hall–Kier alpha value is -4.60. The molecule has 2 aromatic heterocycles. The van der Waals surface area contributed by atoms with Gasteiger partial charge in [-0.2, -0.15) is 0 Å². The Morgan fingerprint density at radius 1 is 0.541 bits per heavy atom. The summed E-state index contributed by atoms with van der Waals surface area (Å²) in [5.41, 5.74) is 5.12. The first-order chi connectivity index (χ1) is 18.4. The lowest BCUT2D eigenvalue weighted by atomic mass is 10.0. The van der Waals surface area contributed by atoms with Crippen molar-refractivity contribution in [1.82, 2.24) is 0 Å². The van der Waals surface area contributed by atoms with Crippen LogP contribution < -0.4 is 4.90 Å². The molecule has 0 saturated heterocycles. The average Bonchev–Trinajstić information content (AvgIpc) is 3.52. The number of benzene rings is 6. The first kappa shape index (κ1) is 20.6. The third kappa shape index (κ3) is 3.05. The molecule has 2 heterocycles. The second-order valence-electron chi connectivity index (χ2n) is 9.34. The highest BCUT2D eigenvalue weighted by Gasteiger charge is 2.24. The van der Waals surface area contributed by atoms with Gasteiger partial charge in [-0.3, -0.25) is 0 Å². The summed E-state index contributed by atoms with van der Waals surface area (Å²) in [6.07, 6.45) is 0. The van der Waals surface area contributed by atoms with Crippen molar-refractivity contribution in [3.63, 3.8) is 0 Å². The summed E-state index contributed by atoms with van der Waals surface area (Å²) in [6, 6.07) is 45.2. The first-order valence-corrected chi connectivity index (χ1v) is 13.3. The molecular weight excluding hydrogens is 470 g/mol. The lowest BCUT2D eigenvalue weighted by Gasteiger charge is -2.28. The molecule has 8 aromatic rings. The van der Waals surface area contributed by atoms with E-state index in [-0.39, 0.29) is 0 Å². The van der Waals surface area contributed by atoms with Crippen LogP contribution in [0.4, 0.5) is 17.1 Å². The Bertz CT molecular complexity index is 2100. The lowest BCUT2D eigenvalue weighted by molar-refractivity contribution is 0.669. The summed E-state index contributed by atoms with van der Waals surface area (Å²) >= 11 is 1.86. The molecule has 0 bridgehead atoms. The van der Waals surface area contributed by atoms with Crippen molar-refractivity contribution in [2.75, 3.05) is 4.90 Å². The van der Waals surface area contributed by atoms with E-state index in [9.17, 15) is 0 Å². The minimum Gasteiger partial charge on any atom is -0.454 e. The van der Waals surface area contributed by atoms with Crippen LogP contribution in [0.25, 0.3) is 52.9 Å². The van der Waals surface area contributed by atoms with Crippen LogP contribution in [-0.2, 0) is 0 Å². The first-order valence-electron chi connectivity index (χ1n) is 12.5. The zero-order valence-corrected chi connectivity index (χ0v) is 20.7. The maximum atomic E-state index is 6.56. The van der Waals surface area contributed by atoms with Gasteiger partial charge in [-0.25, -0.2) is 0 Å². The smallest absolute Gasteiger partial charge is 0.159 e. The van der Waals surface area contributed by atoms with E-state index >= 15 is 0 Å². The van der Waals surface area contributed by atoms with Gasteiger partial charge < -0.3 is 9.32 Å². The van der Waals surface area contributed by atoms with E-state index in [1.54, 1.807) is 0 Å². The van der Waals surface area contributed by atoms with Crippen molar-refractivity contribution in [1.29, 1.82) is 0 Å². The SMILES string of the molecule is c1ccc(N(c2cccc3c2oc2ccccc23)c2c3ccccc3cc3sc4ccccc4c23)cc1. The standard InChI is InChI=1S/C34H21NOS/c1-2-12-23(13-3-1)35(28-18-10-17-26-25-15-6-8-19-29(25)36-34(26)28)33-24-14-5-4-11-22(24)21-31-32(33)27-16-7-9-20-30(27)37-31/h1-21H. The summed E-state index contributed by atoms with van der Waals surface area (Å²) in [5.74, 6) is 0. The zero-order chi connectivity index (χ0) is 24.3. The summed E-state index contributed by atoms with van der Waals surface area (Å²) in [6.45, 7) is 0. The van der Waals surface area contributed by atoms with Gasteiger partial charge in [0.15, 0.2) is 5.58 Å². The highest BCUT2D eigenvalue weighted by Crippen LogP contribution is 2.50. The maximum Gasteiger partial charge on any atom is 0.159 e. The van der Waals surface area contributed by atoms with Crippen molar-refractivity contribution in [3.05, 3.63) is 127 Å². The van der Waals surface area contributed by atoms with Gasteiger partial charge in [-0.1, -0.05) is 91.0 Å². The van der Waals surface area contributed by atoms with Crippen LogP contribution in [0.5, 0.6) is 0 Å². The van der Waals surface area contributed by atoms with E-state index in [0.29, 0.717) is 0 Å². The van der Waals surface area contributed by atoms with Gasteiger partial charge >= 0.3 is 0 Å². The van der Waals surface area contributed by atoms with Gasteiger partial charge in [0.25, 0.3) is 0 Å². The van der Waals surface area contributed by atoms with Crippen LogP contribution in [0.1, 0.15) is 0 Å². The van der Waals surface area contributed by atoms with Gasteiger partial charge in [-0.05, 0) is 41.8 Å². The van der Waals surface area contributed by atoms with Crippen molar-refractivity contribution in [2.24, 2.45) is 0 Å². The molecule has 0 N–H and O–H groups in total. The molecule has 174 valence electrons. The summed E-state index contributed by atoms with van der Waals surface area (Å²) in [7, 11) is 0. The van der Waals surface area contributed by atoms with Crippen LogP contribution in [0, 0.1) is 0 Å². The summed E-state index contributed by atoms with van der Waals surface area (Å²) in [4.78, 5) is 2.40. The van der Waals surface area contributed by atoms with E-state index in [1.807, 2.05) is 17.4 Å². The molecule has 0 aliphatic heterocycles.